The van der Waals surface area contributed by atoms with Crippen molar-refractivity contribution in [2.45, 2.75) is 20.8 Å². The fourth-order valence-corrected chi connectivity index (χ4v) is 2.16. The largest absolute Gasteiger partial charge is 0.362 e. The fourth-order valence-electron chi connectivity index (χ4n) is 2.04. The Morgan fingerprint density at radius 1 is 1.05 bits per heavy atom. The van der Waals surface area contributed by atoms with Gasteiger partial charge in [-0.3, -0.25) is 4.79 Å². The van der Waals surface area contributed by atoms with Gasteiger partial charge in [-0.1, -0.05) is 29.3 Å². The Balaban J connectivity index is 2.08. The van der Waals surface area contributed by atoms with Crippen LogP contribution in [0.2, 0.25) is 5.02 Å². The van der Waals surface area contributed by atoms with Crippen molar-refractivity contribution in [2.75, 3.05) is 5.32 Å². The third-order valence-electron chi connectivity index (χ3n) is 3.30. The number of anilines is 1. The first kappa shape index (κ1) is 15.3. The fraction of sp³-hybridized carbons (Fsp3) is 0.167. The minimum Gasteiger partial charge on any atom is -0.362 e. The van der Waals surface area contributed by atoms with Crippen molar-refractivity contribution in [2.24, 2.45) is 0 Å². The molecular formula is C18H18ClNO. The van der Waals surface area contributed by atoms with Crippen molar-refractivity contribution in [3.8, 4) is 0 Å². The minimum atomic E-state index is -0.00520. The van der Waals surface area contributed by atoms with E-state index in [-0.39, 0.29) is 5.78 Å². The topological polar surface area (TPSA) is 29.1 Å². The van der Waals surface area contributed by atoms with Gasteiger partial charge >= 0.3 is 0 Å². The van der Waals surface area contributed by atoms with Crippen molar-refractivity contribution in [3.63, 3.8) is 0 Å². The van der Waals surface area contributed by atoms with Crippen molar-refractivity contribution < 1.29 is 4.79 Å². The lowest BCUT2D eigenvalue weighted by Crippen LogP contribution is -2.00. The van der Waals surface area contributed by atoms with Crippen LogP contribution < -0.4 is 5.32 Å². The van der Waals surface area contributed by atoms with Gasteiger partial charge in [-0.25, -0.2) is 0 Å². The first-order valence-corrected chi connectivity index (χ1v) is 7.16. The third-order valence-corrected chi connectivity index (χ3v) is 3.73. The normalized spacial score (nSPS) is 10.9. The molecule has 0 radical (unpaired) electrons. The van der Waals surface area contributed by atoms with E-state index in [1.54, 1.807) is 12.3 Å². The van der Waals surface area contributed by atoms with Gasteiger partial charge in [-0.15, -0.1) is 0 Å². The van der Waals surface area contributed by atoms with Crippen molar-refractivity contribution in [3.05, 3.63) is 76.0 Å². The van der Waals surface area contributed by atoms with Crippen LogP contribution >= 0.6 is 11.6 Å². The molecule has 2 rings (SSSR count). The molecule has 0 spiro atoms. The van der Waals surface area contributed by atoms with E-state index in [9.17, 15) is 4.79 Å². The number of carbonyl (C=O) groups excluding carboxylic acids is 1. The van der Waals surface area contributed by atoms with Crippen molar-refractivity contribution in [1.82, 2.24) is 0 Å². The van der Waals surface area contributed by atoms with E-state index in [0.717, 1.165) is 33.0 Å². The van der Waals surface area contributed by atoms with E-state index in [1.807, 2.05) is 57.2 Å². The molecule has 0 unspecified atom stereocenters. The number of aryl methyl sites for hydroxylation is 3. The summed E-state index contributed by atoms with van der Waals surface area (Å²) in [6.45, 7) is 5.86. The van der Waals surface area contributed by atoms with Crippen LogP contribution in [0, 0.1) is 20.8 Å². The average molecular weight is 300 g/mol. The number of carbonyl (C=O) groups is 1. The molecule has 21 heavy (non-hydrogen) atoms. The number of allylic oxidation sites excluding steroid dienone is 1. The lowest BCUT2D eigenvalue weighted by Gasteiger charge is -2.05. The van der Waals surface area contributed by atoms with Crippen LogP contribution in [0.1, 0.15) is 27.0 Å². The van der Waals surface area contributed by atoms with Gasteiger partial charge in [0.05, 0.1) is 0 Å². The molecule has 0 amide bonds. The highest BCUT2D eigenvalue weighted by atomic mass is 35.5. The van der Waals surface area contributed by atoms with Gasteiger partial charge in [0.15, 0.2) is 5.78 Å². The molecule has 0 aliphatic heterocycles. The van der Waals surface area contributed by atoms with Crippen molar-refractivity contribution >= 4 is 23.1 Å². The van der Waals surface area contributed by atoms with E-state index in [1.165, 1.54) is 0 Å². The summed E-state index contributed by atoms with van der Waals surface area (Å²) < 4.78 is 0. The quantitative estimate of drug-likeness (QED) is 0.630. The Labute approximate surface area is 130 Å². The van der Waals surface area contributed by atoms with Crippen LogP contribution in [-0.2, 0) is 0 Å². The van der Waals surface area contributed by atoms with Gasteiger partial charge in [-0.2, -0.15) is 0 Å². The van der Waals surface area contributed by atoms with Crippen LogP contribution in [0.5, 0.6) is 0 Å². The van der Waals surface area contributed by atoms with Gasteiger partial charge < -0.3 is 5.32 Å². The Kier molecular flexibility index (Phi) is 4.81. The predicted molar refractivity (Wildman–Crippen MR) is 89.2 cm³/mol. The maximum atomic E-state index is 12.2. The van der Waals surface area contributed by atoms with Crippen LogP contribution in [0.3, 0.4) is 0 Å². The molecule has 0 saturated heterocycles. The zero-order valence-corrected chi connectivity index (χ0v) is 13.2. The van der Waals surface area contributed by atoms with Crippen molar-refractivity contribution in [1.29, 1.82) is 0 Å². The highest BCUT2D eigenvalue weighted by Crippen LogP contribution is 2.19. The second-order valence-corrected chi connectivity index (χ2v) is 5.53. The first-order valence-electron chi connectivity index (χ1n) is 6.78. The average Bonchev–Trinajstić information content (AvgIpc) is 2.45. The van der Waals surface area contributed by atoms with E-state index in [2.05, 4.69) is 5.32 Å². The van der Waals surface area contributed by atoms with Gasteiger partial charge in [0.1, 0.15) is 0 Å². The molecule has 0 aliphatic rings. The Bertz CT molecular complexity index is 704. The molecule has 0 aromatic heterocycles. The SMILES string of the molecule is Cc1ccc(C)c(C(=O)C=CNc2ccc(Cl)c(C)c2)c1. The molecule has 2 nitrogen and oxygen atoms in total. The molecule has 3 heteroatoms. The Hall–Kier alpha value is -2.06. The zero-order chi connectivity index (χ0) is 15.4. The number of nitrogens with one attached hydrogen (secondary N) is 1. The van der Waals surface area contributed by atoms with E-state index >= 15 is 0 Å². The summed E-state index contributed by atoms with van der Waals surface area (Å²) in [4.78, 5) is 12.2. The summed E-state index contributed by atoms with van der Waals surface area (Å²) in [5.74, 6) is -0.00520. The van der Waals surface area contributed by atoms with Gasteiger partial charge in [0.25, 0.3) is 0 Å². The number of rotatable bonds is 4. The summed E-state index contributed by atoms with van der Waals surface area (Å²) in [5.41, 5.74) is 4.70. The van der Waals surface area contributed by atoms with E-state index in [0.29, 0.717) is 0 Å². The number of hydrogen-bond donors (Lipinski definition) is 1. The molecule has 1 N–H and O–H groups in total. The second kappa shape index (κ2) is 6.59. The monoisotopic (exact) mass is 299 g/mol. The molecule has 0 saturated carbocycles. The Morgan fingerprint density at radius 2 is 1.81 bits per heavy atom. The molecule has 2 aromatic carbocycles. The highest BCUT2D eigenvalue weighted by molar-refractivity contribution is 6.31. The molecule has 0 aliphatic carbocycles. The minimum absolute atomic E-state index is 0.00520. The van der Waals surface area contributed by atoms with Crippen LogP contribution in [0.25, 0.3) is 0 Å². The summed E-state index contributed by atoms with van der Waals surface area (Å²) in [6.07, 6.45) is 3.21. The standard InChI is InChI=1S/C18H18ClNO/c1-12-4-5-13(2)16(10-12)18(21)8-9-20-15-6-7-17(19)14(3)11-15/h4-11,20H,1-3H3. The number of ketones is 1. The van der Waals surface area contributed by atoms with Crippen LogP contribution in [0.4, 0.5) is 5.69 Å². The molecule has 0 bridgehead atoms. The molecule has 0 fully saturated rings. The smallest absolute Gasteiger partial charge is 0.187 e. The molecule has 0 heterocycles. The van der Waals surface area contributed by atoms with E-state index < -0.39 is 0 Å². The maximum Gasteiger partial charge on any atom is 0.187 e. The molecular weight excluding hydrogens is 282 g/mol. The highest BCUT2D eigenvalue weighted by Gasteiger charge is 2.05. The molecule has 2 aromatic rings. The lowest BCUT2D eigenvalue weighted by atomic mass is 10.0. The maximum absolute atomic E-state index is 12.2. The summed E-state index contributed by atoms with van der Waals surface area (Å²) in [5, 5.41) is 3.82. The zero-order valence-electron chi connectivity index (χ0n) is 12.4. The van der Waals surface area contributed by atoms with Gasteiger partial charge in [0.2, 0.25) is 0 Å². The molecule has 0 atom stereocenters. The molecule has 108 valence electrons. The number of benzene rings is 2. The summed E-state index contributed by atoms with van der Waals surface area (Å²) in [7, 11) is 0. The number of hydrogen-bond acceptors (Lipinski definition) is 2. The van der Waals surface area contributed by atoms with Crippen LogP contribution in [0.15, 0.2) is 48.7 Å². The van der Waals surface area contributed by atoms with E-state index in [4.69, 9.17) is 11.6 Å². The predicted octanol–water partition coefficient (Wildman–Crippen LogP) is 5.07. The lowest BCUT2D eigenvalue weighted by molar-refractivity contribution is 0.104. The Morgan fingerprint density at radius 3 is 2.52 bits per heavy atom. The number of halogens is 1. The van der Waals surface area contributed by atoms with Crippen LogP contribution in [-0.4, -0.2) is 5.78 Å². The van der Waals surface area contributed by atoms with Gasteiger partial charge in [0, 0.05) is 28.5 Å². The third kappa shape index (κ3) is 3.96. The second-order valence-electron chi connectivity index (χ2n) is 5.12. The summed E-state index contributed by atoms with van der Waals surface area (Å²) in [6, 6.07) is 11.5. The van der Waals surface area contributed by atoms with Gasteiger partial charge in [-0.05, 0) is 56.2 Å². The first-order chi connectivity index (χ1) is 9.97. The summed E-state index contributed by atoms with van der Waals surface area (Å²) >= 11 is 5.98.